The van der Waals surface area contributed by atoms with Crippen LogP contribution in [0.1, 0.15) is 44.9 Å². The van der Waals surface area contributed by atoms with Crippen LogP contribution in [0, 0.1) is 5.92 Å². The summed E-state index contributed by atoms with van der Waals surface area (Å²) in [5.74, 6) is 0.385. The molecular weight excluding hydrogens is 256 g/mol. The van der Waals surface area contributed by atoms with Crippen molar-refractivity contribution in [3.05, 3.63) is 0 Å². The number of likely N-dealkylation sites (tertiary alicyclic amines) is 2. The highest BCUT2D eigenvalue weighted by molar-refractivity contribution is 5.89. The average Bonchev–Trinajstić information content (AvgIpc) is 3.18. The van der Waals surface area contributed by atoms with E-state index in [1.54, 1.807) is 4.90 Å². The fourth-order valence-corrected chi connectivity index (χ4v) is 3.85. The zero-order valence-corrected chi connectivity index (χ0v) is 12.0. The van der Waals surface area contributed by atoms with Gasteiger partial charge in [-0.15, -0.1) is 0 Å². The highest BCUT2D eigenvalue weighted by atomic mass is 16.3. The Kier molecular flexibility index (Phi) is 3.96. The summed E-state index contributed by atoms with van der Waals surface area (Å²) in [6, 6.07) is -0.270. The van der Waals surface area contributed by atoms with E-state index in [2.05, 4.69) is 0 Å². The summed E-state index contributed by atoms with van der Waals surface area (Å²) < 4.78 is 0. The van der Waals surface area contributed by atoms with Crippen LogP contribution in [0.4, 0.5) is 0 Å². The zero-order chi connectivity index (χ0) is 14.1. The predicted molar refractivity (Wildman–Crippen MR) is 73.9 cm³/mol. The fourth-order valence-electron chi connectivity index (χ4n) is 3.85. The monoisotopic (exact) mass is 280 g/mol. The number of rotatable bonds is 2. The first-order chi connectivity index (χ1) is 9.66. The van der Waals surface area contributed by atoms with Crippen molar-refractivity contribution in [1.82, 2.24) is 9.80 Å². The van der Waals surface area contributed by atoms with E-state index in [0.717, 1.165) is 45.1 Å². The van der Waals surface area contributed by atoms with Crippen LogP contribution >= 0.6 is 0 Å². The molecule has 2 saturated heterocycles. The minimum Gasteiger partial charge on any atom is -0.391 e. The number of nitrogens with zero attached hydrogens (tertiary/aromatic N) is 2. The normalized spacial score (nSPS) is 31.2. The van der Waals surface area contributed by atoms with Crippen molar-refractivity contribution >= 4 is 11.8 Å². The summed E-state index contributed by atoms with van der Waals surface area (Å²) in [4.78, 5) is 28.6. The van der Waals surface area contributed by atoms with Crippen LogP contribution < -0.4 is 0 Å². The lowest BCUT2D eigenvalue weighted by molar-refractivity contribution is -0.145. The van der Waals surface area contributed by atoms with Crippen molar-refractivity contribution in [3.8, 4) is 0 Å². The van der Waals surface area contributed by atoms with E-state index in [4.69, 9.17) is 0 Å². The van der Waals surface area contributed by atoms with E-state index in [1.807, 2.05) is 4.90 Å². The summed E-state index contributed by atoms with van der Waals surface area (Å²) in [7, 11) is 0. The second kappa shape index (κ2) is 5.72. The van der Waals surface area contributed by atoms with E-state index in [9.17, 15) is 14.7 Å². The molecule has 3 aliphatic rings. The van der Waals surface area contributed by atoms with Gasteiger partial charge in [-0.25, -0.2) is 0 Å². The number of β-amino-alcohol motifs (C(OH)–C–C–N with tert-alkyl or cyclic N) is 1. The van der Waals surface area contributed by atoms with Gasteiger partial charge in [-0.1, -0.05) is 12.8 Å². The Morgan fingerprint density at radius 2 is 1.65 bits per heavy atom. The topological polar surface area (TPSA) is 60.9 Å². The lowest BCUT2D eigenvalue weighted by atomic mass is 10.1. The Bertz CT molecular complexity index is 393. The first-order valence-corrected chi connectivity index (χ1v) is 7.94. The summed E-state index contributed by atoms with van der Waals surface area (Å²) in [6.45, 7) is 1.78. The van der Waals surface area contributed by atoms with Gasteiger partial charge in [-0.3, -0.25) is 9.59 Å². The van der Waals surface area contributed by atoms with Gasteiger partial charge in [0.05, 0.1) is 6.10 Å². The molecule has 1 unspecified atom stereocenters. The second-order valence-corrected chi connectivity index (χ2v) is 6.40. The molecule has 2 heterocycles. The third-order valence-electron chi connectivity index (χ3n) is 5.00. The van der Waals surface area contributed by atoms with Crippen LogP contribution in [-0.4, -0.2) is 58.5 Å². The van der Waals surface area contributed by atoms with Gasteiger partial charge in [-0.05, 0) is 32.1 Å². The van der Waals surface area contributed by atoms with Crippen LogP contribution in [0.25, 0.3) is 0 Å². The largest absolute Gasteiger partial charge is 0.391 e. The number of carbonyl (C=O) groups excluding carboxylic acids is 2. The SMILES string of the molecule is O=C(C1CCCN1C(=O)C1CCCC1)N1CC[C@@H](O)C1. The standard InChI is InChI=1S/C15H24N2O3/c18-12-7-9-16(10-12)15(20)13-6-3-8-17(13)14(19)11-4-1-2-5-11/h11-13,18H,1-10H2/t12-,13?/m1/s1. The minimum atomic E-state index is -0.390. The molecule has 1 N–H and O–H groups in total. The molecule has 0 aromatic heterocycles. The maximum absolute atomic E-state index is 12.5. The molecule has 1 aliphatic carbocycles. The van der Waals surface area contributed by atoms with Gasteiger partial charge >= 0.3 is 0 Å². The van der Waals surface area contributed by atoms with Crippen LogP contribution in [0.5, 0.6) is 0 Å². The molecule has 0 bridgehead atoms. The van der Waals surface area contributed by atoms with Crippen molar-refractivity contribution < 1.29 is 14.7 Å². The van der Waals surface area contributed by atoms with Crippen molar-refractivity contribution in [2.75, 3.05) is 19.6 Å². The van der Waals surface area contributed by atoms with Gasteiger partial charge in [-0.2, -0.15) is 0 Å². The van der Waals surface area contributed by atoms with Crippen LogP contribution in [0.2, 0.25) is 0 Å². The van der Waals surface area contributed by atoms with E-state index in [-0.39, 0.29) is 29.9 Å². The lowest BCUT2D eigenvalue weighted by Crippen LogP contribution is -2.48. The minimum absolute atomic E-state index is 0.0467. The Labute approximate surface area is 119 Å². The summed E-state index contributed by atoms with van der Waals surface area (Å²) in [5, 5.41) is 9.56. The number of aliphatic hydroxyl groups is 1. The van der Waals surface area contributed by atoms with Crippen molar-refractivity contribution in [3.63, 3.8) is 0 Å². The number of carbonyl (C=O) groups is 2. The van der Waals surface area contributed by atoms with Gasteiger partial charge in [0.2, 0.25) is 11.8 Å². The number of aliphatic hydroxyl groups excluding tert-OH is 1. The number of amides is 2. The van der Waals surface area contributed by atoms with E-state index >= 15 is 0 Å². The molecule has 20 heavy (non-hydrogen) atoms. The first-order valence-electron chi connectivity index (χ1n) is 7.94. The number of hydrogen-bond acceptors (Lipinski definition) is 3. The van der Waals surface area contributed by atoms with Crippen molar-refractivity contribution in [2.45, 2.75) is 57.1 Å². The van der Waals surface area contributed by atoms with Gasteiger partial charge < -0.3 is 14.9 Å². The fraction of sp³-hybridized carbons (Fsp3) is 0.867. The van der Waals surface area contributed by atoms with Crippen LogP contribution in [0.3, 0.4) is 0 Å². The third kappa shape index (κ3) is 2.55. The Balaban J connectivity index is 1.65. The average molecular weight is 280 g/mol. The summed E-state index contributed by atoms with van der Waals surface area (Å²) in [5.41, 5.74) is 0. The van der Waals surface area contributed by atoms with Crippen LogP contribution in [0.15, 0.2) is 0 Å². The quantitative estimate of drug-likeness (QED) is 0.812. The van der Waals surface area contributed by atoms with E-state index in [1.165, 1.54) is 0 Å². The smallest absolute Gasteiger partial charge is 0.245 e. The molecule has 0 aromatic carbocycles. The van der Waals surface area contributed by atoms with Gasteiger partial charge in [0.25, 0.3) is 0 Å². The summed E-state index contributed by atoms with van der Waals surface area (Å²) in [6.07, 6.45) is 6.23. The highest BCUT2D eigenvalue weighted by Crippen LogP contribution is 2.30. The maximum atomic E-state index is 12.5. The Morgan fingerprint density at radius 1 is 0.900 bits per heavy atom. The van der Waals surface area contributed by atoms with Gasteiger partial charge in [0, 0.05) is 25.6 Å². The molecule has 2 amide bonds. The summed E-state index contributed by atoms with van der Waals surface area (Å²) >= 11 is 0. The Morgan fingerprint density at radius 3 is 2.30 bits per heavy atom. The Hall–Kier alpha value is -1.10. The van der Waals surface area contributed by atoms with Crippen molar-refractivity contribution in [2.24, 2.45) is 5.92 Å². The first kappa shape index (κ1) is 13.9. The highest BCUT2D eigenvalue weighted by Gasteiger charge is 2.40. The molecule has 2 atom stereocenters. The third-order valence-corrected chi connectivity index (χ3v) is 5.00. The molecule has 2 aliphatic heterocycles. The molecule has 0 radical (unpaired) electrons. The van der Waals surface area contributed by atoms with Gasteiger partial charge in [0.15, 0.2) is 0 Å². The molecule has 1 saturated carbocycles. The van der Waals surface area contributed by atoms with Crippen LogP contribution in [-0.2, 0) is 9.59 Å². The molecule has 5 heteroatoms. The molecular formula is C15H24N2O3. The lowest BCUT2D eigenvalue weighted by Gasteiger charge is -2.29. The van der Waals surface area contributed by atoms with Crippen molar-refractivity contribution in [1.29, 1.82) is 0 Å². The van der Waals surface area contributed by atoms with Gasteiger partial charge in [0.1, 0.15) is 6.04 Å². The maximum Gasteiger partial charge on any atom is 0.245 e. The molecule has 0 aromatic rings. The van der Waals surface area contributed by atoms with E-state index in [0.29, 0.717) is 19.5 Å². The second-order valence-electron chi connectivity index (χ2n) is 6.40. The zero-order valence-electron chi connectivity index (χ0n) is 12.0. The molecule has 112 valence electrons. The molecule has 3 fully saturated rings. The molecule has 3 rings (SSSR count). The number of hydrogen-bond donors (Lipinski definition) is 1. The predicted octanol–water partition coefficient (Wildman–Crippen LogP) is 0.761. The van der Waals surface area contributed by atoms with E-state index < -0.39 is 0 Å². The molecule has 5 nitrogen and oxygen atoms in total. The molecule has 0 spiro atoms.